The van der Waals surface area contributed by atoms with E-state index in [9.17, 15) is 39.6 Å². The zero-order chi connectivity index (χ0) is 26.2. The number of hydrogen-bond acceptors (Lipinski definition) is 7. The molecule has 0 aliphatic heterocycles. The molecule has 9 nitrogen and oxygen atoms in total. The van der Waals surface area contributed by atoms with Crippen molar-refractivity contribution in [3.63, 3.8) is 0 Å². The van der Waals surface area contributed by atoms with Crippen molar-refractivity contribution in [3.05, 3.63) is 64.4 Å². The summed E-state index contributed by atoms with van der Waals surface area (Å²) in [6.45, 7) is 0. The largest absolute Gasteiger partial charge is 0.573 e. The molecule has 0 aliphatic rings. The number of halogens is 7. The van der Waals surface area contributed by atoms with Crippen LogP contribution >= 0.6 is 11.6 Å². The predicted octanol–water partition coefficient (Wildman–Crippen LogP) is 3.83. The number of para-hydroxylation sites is 1. The number of alkyl halides is 6. The Kier molecular flexibility index (Phi) is 6.68. The van der Waals surface area contributed by atoms with Gasteiger partial charge in [0, 0.05) is 0 Å². The topological polar surface area (TPSA) is 127 Å². The molecule has 2 aromatic carbocycles. The molecule has 0 bridgehead atoms. The summed E-state index contributed by atoms with van der Waals surface area (Å²) in [6.07, 6.45) is -10.6. The van der Waals surface area contributed by atoms with Crippen LogP contribution in [0.5, 0.6) is 5.75 Å². The molecule has 0 unspecified atom stereocenters. The maximum absolute atomic E-state index is 13.8. The first-order chi connectivity index (χ1) is 16.1. The number of benzene rings is 2. The SMILES string of the molecule is N#Cc1ccc(-n2nnc(C(=O)NS(=O)(=O)c3ccccc3OC(F)(F)F)c2C(F)(F)F)c(Cl)c1. The number of sulfonamides is 1. The smallest absolute Gasteiger partial charge is 0.404 e. The summed E-state index contributed by atoms with van der Waals surface area (Å²) in [6, 6.07) is 8.05. The van der Waals surface area contributed by atoms with Crippen LogP contribution in [0, 0.1) is 11.3 Å². The Morgan fingerprint density at radius 1 is 1.11 bits per heavy atom. The van der Waals surface area contributed by atoms with E-state index in [1.165, 1.54) is 4.72 Å². The highest BCUT2D eigenvalue weighted by Gasteiger charge is 2.43. The highest BCUT2D eigenvalue weighted by Crippen LogP contribution is 2.35. The summed E-state index contributed by atoms with van der Waals surface area (Å²) in [5.74, 6) is -3.18. The van der Waals surface area contributed by atoms with Gasteiger partial charge in [-0.2, -0.15) is 18.4 Å². The van der Waals surface area contributed by atoms with Crippen LogP contribution in [0.15, 0.2) is 47.4 Å². The molecule has 1 N–H and O–H groups in total. The summed E-state index contributed by atoms with van der Waals surface area (Å²) in [5.41, 5.74) is -3.81. The summed E-state index contributed by atoms with van der Waals surface area (Å²) < 4.78 is 109. The molecule has 17 heteroatoms. The number of rotatable bonds is 5. The number of nitriles is 1. The van der Waals surface area contributed by atoms with Crippen LogP contribution in [-0.2, 0) is 16.2 Å². The van der Waals surface area contributed by atoms with Crippen LogP contribution in [0.2, 0.25) is 5.02 Å². The first-order valence-electron chi connectivity index (χ1n) is 8.79. The molecule has 3 aromatic rings. The van der Waals surface area contributed by atoms with Gasteiger partial charge in [-0.05, 0) is 30.3 Å². The molecule has 0 saturated heterocycles. The number of ether oxygens (including phenoxy) is 1. The van der Waals surface area contributed by atoms with Crippen LogP contribution in [0.1, 0.15) is 21.7 Å². The van der Waals surface area contributed by atoms with Gasteiger partial charge < -0.3 is 4.74 Å². The van der Waals surface area contributed by atoms with Gasteiger partial charge in [0.1, 0.15) is 10.6 Å². The molecule has 0 saturated carbocycles. The lowest BCUT2D eigenvalue weighted by molar-refractivity contribution is -0.275. The highest BCUT2D eigenvalue weighted by atomic mass is 35.5. The molecule has 1 aromatic heterocycles. The van der Waals surface area contributed by atoms with Gasteiger partial charge >= 0.3 is 12.5 Å². The van der Waals surface area contributed by atoms with E-state index in [0.717, 1.165) is 30.3 Å². The average molecular weight is 540 g/mol. The van der Waals surface area contributed by atoms with Gasteiger partial charge in [-0.3, -0.25) is 4.79 Å². The second-order valence-electron chi connectivity index (χ2n) is 6.40. The van der Waals surface area contributed by atoms with Crippen molar-refractivity contribution in [3.8, 4) is 17.5 Å². The molecular weight excluding hydrogens is 532 g/mol. The van der Waals surface area contributed by atoms with Crippen molar-refractivity contribution in [2.24, 2.45) is 0 Å². The Balaban J connectivity index is 2.05. The van der Waals surface area contributed by atoms with E-state index in [1.54, 1.807) is 6.07 Å². The van der Waals surface area contributed by atoms with Gasteiger partial charge in [0.15, 0.2) is 11.4 Å². The lowest BCUT2D eigenvalue weighted by atomic mass is 10.2. The number of carbonyl (C=O) groups is 1. The Bertz CT molecular complexity index is 1450. The molecular formula is C18H8ClF6N5O4S. The molecule has 0 atom stereocenters. The Morgan fingerprint density at radius 2 is 1.77 bits per heavy atom. The minimum atomic E-state index is -5.32. The Hall–Kier alpha value is -3.84. The fraction of sp³-hybridized carbons (Fsp3) is 0.111. The second kappa shape index (κ2) is 9.07. The van der Waals surface area contributed by atoms with E-state index in [4.69, 9.17) is 16.9 Å². The predicted molar refractivity (Wildman–Crippen MR) is 104 cm³/mol. The third kappa shape index (κ3) is 5.63. The summed E-state index contributed by atoms with van der Waals surface area (Å²) in [7, 11) is -5.18. The summed E-state index contributed by atoms with van der Waals surface area (Å²) >= 11 is 5.90. The first-order valence-corrected chi connectivity index (χ1v) is 10.6. The molecule has 1 amide bonds. The number of nitrogens with one attached hydrogen (secondary N) is 1. The lowest BCUT2D eigenvalue weighted by Crippen LogP contribution is -2.33. The third-order valence-electron chi connectivity index (χ3n) is 4.05. The van der Waals surface area contributed by atoms with Crippen molar-refractivity contribution < 1.29 is 44.3 Å². The van der Waals surface area contributed by atoms with E-state index >= 15 is 0 Å². The van der Waals surface area contributed by atoms with Crippen LogP contribution in [0.3, 0.4) is 0 Å². The van der Waals surface area contributed by atoms with Gasteiger partial charge in [0.25, 0.3) is 15.9 Å². The molecule has 0 spiro atoms. The fourth-order valence-electron chi connectivity index (χ4n) is 2.71. The van der Waals surface area contributed by atoms with E-state index in [2.05, 4.69) is 15.0 Å². The second-order valence-corrected chi connectivity index (χ2v) is 8.46. The van der Waals surface area contributed by atoms with E-state index in [0.29, 0.717) is 12.1 Å². The van der Waals surface area contributed by atoms with Gasteiger partial charge in [-0.15, -0.1) is 18.3 Å². The van der Waals surface area contributed by atoms with Gasteiger partial charge in [-0.25, -0.2) is 17.8 Å². The van der Waals surface area contributed by atoms with Gasteiger partial charge in [0.2, 0.25) is 0 Å². The molecule has 3 rings (SSSR count). The van der Waals surface area contributed by atoms with Crippen LogP contribution in [0.25, 0.3) is 5.69 Å². The zero-order valence-electron chi connectivity index (χ0n) is 16.5. The molecule has 0 aliphatic carbocycles. The maximum Gasteiger partial charge on any atom is 0.573 e. The zero-order valence-corrected chi connectivity index (χ0v) is 18.1. The number of hydrogen-bond donors (Lipinski definition) is 1. The first kappa shape index (κ1) is 25.8. The van der Waals surface area contributed by atoms with Crippen molar-refractivity contribution in [1.29, 1.82) is 5.26 Å². The van der Waals surface area contributed by atoms with Crippen molar-refractivity contribution >= 4 is 27.5 Å². The van der Waals surface area contributed by atoms with Crippen LogP contribution in [-0.4, -0.2) is 35.7 Å². The van der Waals surface area contributed by atoms with E-state index in [-0.39, 0.29) is 15.3 Å². The highest BCUT2D eigenvalue weighted by molar-refractivity contribution is 7.90. The minimum absolute atomic E-state index is 0.00350. The number of amides is 1. The number of carbonyl (C=O) groups excluding carboxylic acids is 1. The van der Waals surface area contributed by atoms with Crippen LogP contribution in [0.4, 0.5) is 26.3 Å². The fourth-order valence-corrected chi connectivity index (χ4v) is 4.06. The van der Waals surface area contributed by atoms with Crippen LogP contribution < -0.4 is 9.46 Å². The van der Waals surface area contributed by atoms with E-state index in [1.807, 2.05) is 0 Å². The molecule has 35 heavy (non-hydrogen) atoms. The molecule has 0 radical (unpaired) electrons. The number of aromatic nitrogens is 3. The Labute approximate surface area is 196 Å². The lowest BCUT2D eigenvalue weighted by Gasteiger charge is -2.14. The van der Waals surface area contributed by atoms with Crippen molar-refractivity contribution in [2.45, 2.75) is 17.4 Å². The summed E-state index contributed by atoms with van der Waals surface area (Å²) in [4.78, 5) is 11.3. The molecule has 1 heterocycles. The normalized spacial score (nSPS) is 12.2. The van der Waals surface area contributed by atoms with Gasteiger partial charge in [0.05, 0.1) is 22.3 Å². The molecule has 184 valence electrons. The minimum Gasteiger partial charge on any atom is -0.404 e. The third-order valence-corrected chi connectivity index (χ3v) is 5.72. The maximum atomic E-state index is 13.8. The number of nitrogens with zero attached hydrogens (tertiary/aromatic N) is 4. The van der Waals surface area contributed by atoms with E-state index < -0.39 is 56.2 Å². The average Bonchev–Trinajstić information content (AvgIpc) is 3.18. The summed E-state index contributed by atoms with van der Waals surface area (Å²) in [5, 5.41) is 14.8. The standard InChI is InChI=1S/C18H8ClF6N5O4S/c19-10-7-9(8-26)5-6-11(10)30-15(17(20,21)22)14(27-29-30)16(31)28-35(32,33)13-4-2-1-3-12(13)34-18(23,24)25/h1-7H,(H,28,31). The quantitative estimate of drug-likeness (QED) is 0.488. The van der Waals surface area contributed by atoms with Crippen molar-refractivity contribution in [2.75, 3.05) is 0 Å². The Morgan fingerprint density at radius 3 is 2.34 bits per heavy atom. The van der Waals surface area contributed by atoms with Crippen molar-refractivity contribution in [1.82, 2.24) is 19.7 Å². The van der Waals surface area contributed by atoms with Gasteiger partial charge in [-0.1, -0.05) is 28.9 Å². The molecule has 0 fully saturated rings. The monoisotopic (exact) mass is 539 g/mol.